The monoisotopic (exact) mass is 480 g/mol. The molecule has 1 aliphatic rings. The molecule has 0 saturated heterocycles. The van der Waals surface area contributed by atoms with Gasteiger partial charge in [-0.1, -0.05) is 28.1 Å². The molecule has 2 aromatic heterocycles. The van der Waals surface area contributed by atoms with E-state index in [0.717, 1.165) is 34.1 Å². The van der Waals surface area contributed by atoms with E-state index in [1.54, 1.807) is 29.1 Å². The number of hydroxylamine groups is 1. The van der Waals surface area contributed by atoms with Gasteiger partial charge in [0.05, 0.1) is 5.39 Å². The van der Waals surface area contributed by atoms with Crippen molar-refractivity contribution in [2.24, 2.45) is 0 Å². The maximum atomic E-state index is 13.0. The molecule has 8 heteroatoms. The number of allylic oxidation sites excluding steroid dienone is 3. The molecule has 0 aliphatic heterocycles. The van der Waals surface area contributed by atoms with Crippen LogP contribution in [0.25, 0.3) is 22.3 Å². The third-order valence-corrected chi connectivity index (χ3v) is 5.18. The molecule has 2 heterocycles. The molecule has 7 nitrogen and oxygen atoms in total. The lowest BCUT2D eigenvalue weighted by Crippen LogP contribution is -2.31. The average Bonchev–Trinajstić information content (AvgIpc) is 3.57. The Morgan fingerprint density at radius 3 is 2.81 bits per heavy atom. The molecule has 0 unspecified atom stereocenters. The van der Waals surface area contributed by atoms with E-state index in [1.807, 2.05) is 37.3 Å². The number of hydrogen-bond acceptors (Lipinski definition) is 5. The maximum absolute atomic E-state index is 13.0. The van der Waals surface area contributed by atoms with Crippen LogP contribution >= 0.6 is 15.9 Å². The van der Waals surface area contributed by atoms with Gasteiger partial charge >= 0.3 is 0 Å². The van der Waals surface area contributed by atoms with Crippen LogP contribution in [0, 0.1) is 0 Å². The zero-order valence-corrected chi connectivity index (χ0v) is 18.4. The highest BCUT2D eigenvalue weighted by Crippen LogP contribution is 2.24. The Hall–Kier alpha value is -3.23. The number of carbonyl (C=O) groups excluding carboxylic acids is 1. The molecule has 158 valence electrons. The third kappa shape index (κ3) is 4.60. The van der Waals surface area contributed by atoms with Gasteiger partial charge in [-0.25, -0.2) is 4.98 Å². The first-order chi connectivity index (χ1) is 15.0. The quantitative estimate of drug-likeness (QED) is 0.367. The van der Waals surface area contributed by atoms with Crippen molar-refractivity contribution in [3.8, 4) is 5.69 Å². The molecule has 1 amide bonds. The van der Waals surface area contributed by atoms with Crippen molar-refractivity contribution in [3.63, 3.8) is 0 Å². The molecule has 0 bridgehead atoms. The Balaban J connectivity index is 1.89. The Kier molecular flexibility index (Phi) is 6.01. The lowest BCUT2D eigenvalue weighted by atomic mass is 10.1. The number of benzene rings is 1. The summed E-state index contributed by atoms with van der Waals surface area (Å²) in [6.45, 7) is 1.89. The van der Waals surface area contributed by atoms with Gasteiger partial charge in [0.15, 0.2) is 0 Å². The molecule has 3 aromatic rings. The van der Waals surface area contributed by atoms with Crippen LogP contribution in [0.3, 0.4) is 0 Å². The lowest BCUT2D eigenvalue weighted by molar-refractivity contribution is 0.0949. The van der Waals surface area contributed by atoms with E-state index in [0.29, 0.717) is 11.0 Å². The summed E-state index contributed by atoms with van der Waals surface area (Å²) < 4.78 is 2.63. The van der Waals surface area contributed by atoms with E-state index in [2.05, 4.69) is 31.7 Å². The SMILES string of the molecule is C/C(Br)=C\C(=C/NO)c1cccc(-n2cc(C(=O)NC3CC3)c(=O)c3cccnc32)c1. The minimum Gasteiger partial charge on any atom is -0.349 e. The fraction of sp³-hybridized carbons (Fsp3) is 0.174. The van der Waals surface area contributed by atoms with E-state index >= 15 is 0 Å². The van der Waals surface area contributed by atoms with Crippen LogP contribution in [0.1, 0.15) is 35.7 Å². The predicted octanol–water partition coefficient (Wildman–Crippen LogP) is 3.90. The van der Waals surface area contributed by atoms with Crippen LogP contribution in [0.15, 0.2) is 70.3 Å². The van der Waals surface area contributed by atoms with Gasteiger partial charge in [0.1, 0.15) is 11.2 Å². The van der Waals surface area contributed by atoms with Gasteiger partial charge in [-0.05, 0) is 60.2 Å². The first-order valence-corrected chi connectivity index (χ1v) is 10.6. The summed E-state index contributed by atoms with van der Waals surface area (Å²) in [5, 5.41) is 12.4. The number of pyridine rings is 2. The normalized spacial score (nSPS) is 14.5. The summed E-state index contributed by atoms with van der Waals surface area (Å²) in [6.07, 6.45) is 8.37. The van der Waals surface area contributed by atoms with Crippen LogP contribution in [-0.2, 0) is 0 Å². The van der Waals surface area contributed by atoms with Crippen LogP contribution in [0.5, 0.6) is 0 Å². The van der Waals surface area contributed by atoms with E-state index < -0.39 is 0 Å². The van der Waals surface area contributed by atoms with Gasteiger partial charge in [-0.15, -0.1) is 0 Å². The van der Waals surface area contributed by atoms with E-state index in [1.165, 1.54) is 6.20 Å². The van der Waals surface area contributed by atoms with Crippen LogP contribution < -0.4 is 16.2 Å². The zero-order valence-electron chi connectivity index (χ0n) is 16.8. The van der Waals surface area contributed by atoms with E-state index in [4.69, 9.17) is 0 Å². The fourth-order valence-corrected chi connectivity index (χ4v) is 3.58. The number of nitrogens with zero attached hydrogens (tertiary/aromatic N) is 2. The number of fused-ring (bicyclic) bond motifs is 1. The van der Waals surface area contributed by atoms with Crippen molar-refractivity contribution in [2.75, 3.05) is 0 Å². The Labute approximate surface area is 187 Å². The van der Waals surface area contributed by atoms with Gasteiger partial charge in [0.25, 0.3) is 5.91 Å². The Morgan fingerprint density at radius 2 is 2.10 bits per heavy atom. The number of rotatable bonds is 6. The number of aromatic nitrogens is 2. The molecule has 1 saturated carbocycles. The molecule has 0 atom stereocenters. The van der Waals surface area contributed by atoms with Crippen LogP contribution in [0.2, 0.25) is 0 Å². The highest BCUT2D eigenvalue weighted by molar-refractivity contribution is 9.11. The first-order valence-electron chi connectivity index (χ1n) is 9.83. The summed E-state index contributed by atoms with van der Waals surface area (Å²) in [7, 11) is 0. The van der Waals surface area contributed by atoms with Crippen LogP contribution in [-0.4, -0.2) is 26.7 Å². The van der Waals surface area contributed by atoms with Gasteiger partial charge < -0.3 is 9.88 Å². The van der Waals surface area contributed by atoms with Gasteiger partial charge in [0.2, 0.25) is 5.43 Å². The van der Waals surface area contributed by atoms with E-state index in [-0.39, 0.29) is 22.9 Å². The van der Waals surface area contributed by atoms with Crippen molar-refractivity contribution in [3.05, 3.63) is 86.9 Å². The number of hydrogen-bond donors (Lipinski definition) is 3. The van der Waals surface area contributed by atoms with Crippen molar-refractivity contribution >= 4 is 38.4 Å². The number of halogens is 1. The van der Waals surface area contributed by atoms with Crippen molar-refractivity contribution < 1.29 is 10.0 Å². The molecular formula is C23H21BrN4O3. The Morgan fingerprint density at radius 1 is 1.29 bits per heavy atom. The molecule has 1 aromatic carbocycles. The topological polar surface area (TPSA) is 96.2 Å². The molecule has 1 fully saturated rings. The summed E-state index contributed by atoms with van der Waals surface area (Å²) in [5.74, 6) is -0.369. The molecule has 1 aliphatic carbocycles. The summed E-state index contributed by atoms with van der Waals surface area (Å²) >= 11 is 3.41. The molecule has 31 heavy (non-hydrogen) atoms. The number of amides is 1. The Bertz CT molecular complexity index is 1270. The van der Waals surface area contributed by atoms with Crippen molar-refractivity contribution in [2.45, 2.75) is 25.8 Å². The van der Waals surface area contributed by atoms with Crippen molar-refractivity contribution in [1.82, 2.24) is 20.3 Å². The minimum absolute atomic E-state index is 0.0850. The highest BCUT2D eigenvalue weighted by Gasteiger charge is 2.26. The largest absolute Gasteiger partial charge is 0.349 e. The number of nitrogens with one attached hydrogen (secondary N) is 2. The summed E-state index contributed by atoms with van der Waals surface area (Å²) in [5.41, 5.74) is 4.58. The minimum atomic E-state index is -0.369. The molecule has 4 rings (SSSR count). The van der Waals surface area contributed by atoms with Gasteiger partial charge in [0, 0.05) is 35.9 Å². The second kappa shape index (κ2) is 8.87. The van der Waals surface area contributed by atoms with Crippen LogP contribution in [0.4, 0.5) is 0 Å². The fourth-order valence-electron chi connectivity index (χ4n) is 3.34. The van der Waals surface area contributed by atoms with Crippen molar-refractivity contribution in [1.29, 1.82) is 0 Å². The highest BCUT2D eigenvalue weighted by atomic mass is 79.9. The standard InChI is InChI=1S/C23H21BrN4O3/c1-14(24)10-16(12-26-31)15-4-2-5-18(11-15)28-13-20(23(30)27-17-7-8-17)21(29)19-6-3-9-25-22(19)28/h2-6,9-13,17,26,31H,7-8H2,1H3,(H,27,30)/b14-10+,16-12+. The second-order valence-corrected chi connectivity index (χ2v) is 8.63. The van der Waals surface area contributed by atoms with E-state index in [9.17, 15) is 14.8 Å². The van der Waals surface area contributed by atoms with Gasteiger partial charge in [-0.3, -0.25) is 20.3 Å². The summed E-state index contributed by atoms with van der Waals surface area (Å²) in [4.78, 5) is 30.1. The number of carbonyl (C=O) groups is 1. The smallest absolute Gasteiger partial charge is 0.257 e. The maximum Gasteiger partial charge on any atom is 0.257 e. The first kappa shape index (κ1) is 21.0. The second-order valence-electron chi connectivity index (χ2n) is 7.37. The third-order valence-electron chi connectivity index (χ3n) is 4.95. The molecule has 0 spiro atoms. The zero-order chi connectivity index (χ0) is 22.0. The van der Waals surface area contributed by atoms with Gasteiger partial charge in [-0.2, -0.15) is 0 Å². The predicted molar refractivity (Wildman–Crippen MR) is 123 cm³/mol. The molecular weight excluding hydrogens is 460 g/mol. The molecule has 3 N–H and O–H groups in total. The lowest BCUT2D eigenvalue weighted by Gasteiger charge is -2.14. The molecule has 0 radical (unpaired) electrons. The average molecular weight is 481 g/mol. The summed E-state index contributed by atoms with van der Waals surface area (Å²) in [6, 6.07) is 11.0.